The van der Waals surface area contributed by atoms with E-state index in [4.69, 9.17) is 4.74 Å². The Morgan fingerprint density at radius 3 is 2.22 bits per heavy atom. The van der Waals surface area contributed by atoms with E-state index in [0.29, 0.717) is 12.5 Å². The van der Waals surface area contributed by atoms with Gasteiger partial charge in [0.15, 0.2) is 5.96 Å². The number of morpholine rings is 1. The van der Waals surface area contributed by atoms with Gasteiger partial charge in [-0.15, -0.1) is 0 Å². The van der Waals surface area contributed by atoms with Gasteiger partial charge in [-0.3, -0.25) is 9.89 Å². The lowest BCUT2D eigenvalue weighted by atomic mass is 10.00. The third kappa shape index (κ3) is 7.39. The van der Waals surface area contributed by atoms with Crippen LogP contribution in [0.4, 0.5) is 13.2 Å². The van der Waals surface area contributed by atoms with E-state index in [0.717, 1.165) is 13.1 Å². The standard InChI is InChI=1S/C15H29F3N4O/c1-11-8-22(9-12(2)23-11)14(3,4)10-21-13(19-5)20-7-6-15(16,17)18/h11-12H,6-10H2,1-5H3,(H2,19,20,21). The van der Waals surface area contributed by atoms with Crippen molar-refractivity contribution in [1.29, 1.82) is 0 Å². The van der Waals surface area contributed by atoms with Crippen LogP contribution in [0, 0.1) is 0 Å². The van der Waals surface area contributed by atoms with Crippen LogP contribution in [-0.4, -0.2) is 68.0 Å². The highest BCUT2D eigenvalue weighted by atomic mass is 19.4. The third-order valence-electron chi connectivity index (χ3n) is 3.89. The van der Waals surface area contributed by atoms with Crippen molar-refractivity contribution < 1.29 is 17.9 Å². The molecule has 0 aromatic rings. The van der Waals surface area contributed by atoms with Gasteiger partial charge in [0.25, 0.3) is 0 Å². The van der Waals surface area contributed by atoms with Crippen LogP contribution < -0.4 is 10.6 Å². The van der Waals surface area contributed by atoms with E-state index in [1.54, 1.807) is 7.05 Å². The van der Waals surface area contributed by atoms with Gasteiger partial charge in [0, 0.05) is 38.8 Å². The van der Waals surface area contributed by atoms with E-state index in [1.807, 2.05) is 13.8 Å². The summed E-state index contributed by atoms with van der Waals surface area (Å²) in [5, 5.41) is 5.81. The van der Waals surface area contributed by atoms with Crippen molar-refractivity contribution >= 4 is 5.96 Å². The first-order valence-corrected chi connectivity index (χ1v) is 7.95. The Kier molecular flexibility index (Phi) is 7.13. The molecule has 0 aromatic heterocycles. The molecule has 1 aliphatic rings. The Balaban J connectivity index is 2.46. The predicted octanol–water partition coefficient (Wildman–Crippen LogP) is 1.99. The Labute approximate surface area is 136 Å². The molecule has 2 unspecified atom stereocenters. The van der Waals surface area contributed by atoms with E-state index in [1.165, 1.54) is 0 Å². The minimum absolute atomic E-state index is 0.159. The molecule has 0 bridgehead atoms. The van der Waals surface area contributed by atoms with Gasteiger partial charge in [-0.25, -0.2) is 0 Å². The van der Waals surface area contributed by atoms with Gasteiger partial charge >= 0.3 is 6.18 Å². The van der Waals surface area contributed by atoms with Gasteiger partial charge in [-0.05, 0) is 27.7 Å². The average Bonchev–Trinajstić information content (AvgIpc) is 2.40. The highest BCUT2D eigenvalue weighted by molar-refractivity contribution is 5.79. The molecule has 23 heavy (non-hydrogen) atoms. The SMILES string of the molecule is CN=C(NCCC(F)(F)F)NCC(C)(C)N1CC(C)OC(C)C1. The topological polar surface area (TPSA) is 48.9 Å². The number of hydrogen-bond acceptors (Lipinski definition) is 3. The lowest BCUT2D eigenvalue weighted by Gasteiger charge is -2.45. The minimum Gasteiger partial charge on any atom is -0.373 e. The zero-order valence-electron chi connectivity index (χ0n) is 14.6. The summed E-state index contributed by atoms with van der Waals surface area (Å²) in [4.78, 5) is 6.30. The molecule has 1 saturated heterocycles. The summed E-state index contributed by atoms with van der Waals surface area (Å²) in [7, 11) is 1.55. The number of hydrogen-bond donors (Lipinski definition) is 2. The maximum atomic E-state index is 12.2. The van der Waals surface area contributed by atoms with E-state index >= 15 is 0 Å². The van der Waals surface area contributed by atoms with Gasteiger partial charge in [-0.2, -0.15) is 13.2 Å². The van der Waals surface area contributed by atoms with Crippen LogP contribution in [-0.2, 0) is 4.74 Å². The molecule has 0 saturated carbocycles. The zero-order valence-corrected chi connectivity index (χ0v) is 14.6. The molecule has 0 aliphatic carbocycles. The fraction of sp³-hybridized carbons (Fsp3) is 0.933. The highest BCUT2D eigenvalue weighted by Crippen LogP contribution is 2.21. The highest BCUT2D eigenvalue weighted by Gasteiger charge is 2.33. The number of ether oxygens (including phenoxy) is 1. The summed E-state index contributed by atoms with van der Waals surface area (Å²) in [5.41, 5.74) is -0.159. The lowest BCUT2D eigenvalue weighted by molar-refractivity contribution is -0.132. The number of rotatable bonds is 5. The molecule has 136 valence electrons. The van der Waals surface area contributed by atoms with E-state index in [2.05, 4.69) is 34.4 Å². The van der Waals surface area contributed by atoms with E-state index in [9.17, 15) is 13.2 Å². The van der Waals surface area contributed by atoms with Crippen LogP contribution in [0.3, 0.4) is 0 Å². The largest absolute Gasteiger partial charge is 0.390 e. The van der Waals surface area contributed by atoms with Crippen molar-refractivity contribution in [2.24, 2.45) is 4.99 Å². The predicted molar refractivity (Wildman–Crippen MR) is 85.7 cm³/mol. The number of nitrogens with zero attached hydrogens (tertiary/aromatic N) is 2. The number of nitrogens with one attached hydrogen (secondary N) is 2. The monoisotopic (exact) mass is 338 g/mol. The Morgan fingerprint density at radius 2 is 1.74 bits per heavy atom. The molecule has 0 radical (unpaired) electrons. The van der Waals surface area contributed by atoms with Crippen molar-refractivity contribution in [1.82, 2.24) is 15.5 Å². The van der Waals surface area contributed by atoms with Crippen molar-refractivity contribution in [2.45, 2.75) is 58.0 Å². The van der Waals surface area contributed by atoms with Gasteiger partial charge in [0.2, 0.25) is 0 Å². The molecule has 1 aliphatic heterocycles. The van der Waals surface area contributed by atoms with Crippen molar-refractivity contribution in [3.63, 3.8) is 0 Å². The smallest absolute Gasteiger partial charge is 0.373 e. The Bertz CT molecular complexity index is 389. The number of aliphatic imine (C=N–C) groups is 1. The first kappa shape index (κ1) is 20.0. The Hall–Kier alpha value is -1.02. The van der Waals surface area contributed by atoms with Crippen LogP contribution in [0.2, 0.25) is 0 Å². The summed E-state index contributed by atoms with van der Waals surface area (Å²) in [5.74, 6) is 0.386. The quantitative estimate of drug-likeness (QED) is 0.595. The molecule has 5 nitrogen and oxygen atoms in total. The summed E-state index contributed by atoms with van der Waals surface area (Å²) in [6.45, 7) is 10.4. The fourth-order valence-corrected chi connectivity index (χ4v) is 2.63. The summed E-state index contributed by atoms with van der Waals surface area (Å²) in [6.07, 6.45) is -4.70. The van der Waals surface area contributed by atoms with Gasteiger partial charge in [-0.1, -0.05) is 0 Å². The third-order valence-corrected chi connectivity index (χ3v) is 3.89. The normalized spacial score (nSPS) is 24.6. The van der Waals surface area contributed by atoms with Crippen LogP contribution in [0.25, 0.3) is 0 Å². The Morgan fingerprint density at radius 1 is 1.17 bits per heavy atom. The molecule has 1 fully saturated rings. The fourth-order valence-electron chi connectivity index (χ4n) is 2.63. The van der Waals surface area contributed by atoms with Gasteiger partial charge in [0.05, 0.1) is 18.6 Å². The molecule has 0 aromatic carbocycles. The molecular formula is C15H29F3N4O. The average molecular weight is 338 g/mol. The summed E-state index contributed by atoms with van der Waals surface area (Å²) in [6, 6.07) is 0. The summed E-state index contributed by atoms with van der Waals surface area (Å²) < 4.78 is 42.3. The molecule has 8 heteroatoms. The minimum atomic E-state index is -4.16. The maximum absolute atomic E-state index is 12.2. The van der Waals surface area contributed by atoms with Crippen LogP contribution in [0.1, 0.15) is 34.1 Å². The molecule has 1 heterocycles. The van der Waals surface area contributed by atoms with Crippen molar-refractivity contribution in [3.8, 4) is 0 Å². The molecule has 0 spiro atoms. The second kappa shape index (κ2) is 8.19. The molecule has 2 N–H and O–H groups in total. The molecule has 2 atom stereocenters. The van der Waals surface area contributed by atoms with E-state index < -0.39 is 12.6 Å². The van der Waals surface area contributed by atoms with Gasteiger partial charge in [0.1, 0.15) is 0 Å². The number of guanidine groups is 1. The molecular weight excluding hydrogens is 309 g/mol. The molecule has 0 amide bonds. The lowest BCUT2D eigenvalue weighted by Crippen LogP contribution is -2.59. The zero-order chi connectivity index (χ0) is 17.7. The number of alkyl halides is 3. The maximum Gasteiger partial charge on any atom is 0.390 e. The van der Waals surface area contributed by atoms with Crippen LogP contribution in [0.5, 0.6) is 0 Å². The first-order chi connectivity index (χ1) is 10.5. The second-order valence-electron chi connectivity index (χ2n) is 6.69. The number of halogens is 3. The van der Waals surface area contributed by atoms with Crippen LogP contribution in [0.15, 0.2) is 4.99 Å². The second-order valence-corrected chi connectivity index (χ2v) is 6.69. The van der Waals surface area contributed by atoms with Crippen molar-refractivity contribution in [3.05, 3.63) is 0 Å². The van der Waals surface area contributed by atoms with Gasteiger partial charge < -0.3 is 15.4 Å². The molecule has 1 rings (SSSR count). The van der Waals surface area contributed by atoms with Crippen LogP contribution >= 0.6 is 0 Å². The van der Waals surface area contributed by atoms with Crippen molar-refractivity contribution in [2.75, 3.05) is 33.2 Å². The van der Waals surface area contributed by atoms with E-state index in [-0.39, 0.29) is 24.3 Å². The first-order valence-electron chi connectivity index (χ1n) is 7.95. The summed E-state index contributed by atoms with van der Waals surface area (Å²) >= 11 is 0.